The molecular formula is C21H26N4O. The molecule has 2 aliphatic rings. The first-order valence-electron chi connectivity index (χ1n) is 9.59. The van der Waals surface area contributed by atoms with Crippen LogP contribution in [0.3, 0.4) is 0 Å². The molecule has 1 aliphatic heterocycles. The number of benzene rings is 1. The molecule has 1 aromatic heterocycles. The average molecular weight is 350 g/mol. The number of rotatable bonds is 5. The SMILES string of the molecule is CCCc1cc(N[C@@H]2CC(=O)N(C3Cc4ccccc4C3)C2)nc(C)n1. The molecule has 0 bridgehead atoms. The third-order valence-corrected chi connectivity index (χ3v) is 5.38. The highest BCUT2D eigenvalue weighted by atomic mass is 16.2. The number of fused-ring (bicyclic) bond motifs is 1. The smallest absolute Gasteiger partial charge is 0.225 e. The molecular weight excluding hydrogens is 324 g/mol. The van der Waals surface area contributed by atoms with Gasteiger partial charge in [0.05, 0.1) is 6.04 Å². The highest BCUT2D eigenvalue weighted by Crippen LogP contribution is 2.29. The summed E-state index contributed by atoms with van der Waals surface area (Å²) in [6.07, 6.45) is 4.50. The van der Waals surface area contributed by atoms with Gasteiger partial charge in [-0.05, 0) is 37.3 Å². The number of likely N-dealkylation sites (tertiary alicyclic amines) is 1. The molecule has 0 spiro atoms. The molecule has 0 radical (unpaired) electrons. The van der Waals surface area contributed by atoms with Gasteiger partial charge in [0, 0.05) is 30.8 Å². The quantitative estimate of drug-likeness (QED) is 0.901. The minimum atomic E-state index is 0.120. The number of amides is 1. The predicted molar refractivity (Wildman–Crippen MR) is 102 cm³/mol. The standard InChI is InChI=1S/C21H26N4O/c1-3-6-17-11-20(23-14(2)22-17)24-18-12-21(26)25(13-18)19-9-15-7-4-5-8-16(15)10-19/h4-5,7-8,11,18-19H,3,6,9-10,12-13H2,1-2H3,(H,22,23,24)/t18-/m1/s1. The summed E-state index contributed by atoms with van der Waals surface area (Å²) in [5, 5.41) is 3.47. The van der Waals surface area contributed by atoms with Gasteiger partial charge in [-0.15, -0.1) is 0 Å². The van der Waals surface area contributed by atoms with Crippen molar-refractivity contribution < 1.29 is 4.79 Å². The van der Waals surface area contributed by atoms with E-state index in [4.69, 9.17) is 0 Å². The van der Waals surface area contributed by atoms with Crippen LogP contribution in [0.2, 0.25) is 0 Å². The Kier molecular flexibility index (Phi) is 4.62. The number of nitrogens with one attached hydrogen (secondary N) is 1. The summed E-state index contributed by atoms with van der Waals surface area (Å²) in [6, 6.07) is 11.0. The zero-order valence-electron chi connectivity index (χ0n) is 15.5. The van der Waals surface area contributed by atoms with E-state index in [1.807, 2.05) is 13.0 Å². The van der Waals surface area contributed by atoms with E-state index in [-0.39, 0.29) is 11.9 Å². The maximum atomic E-state index is 12.6. The van der Waals surface area contributed by atoms with Gasteiger partial charge in [-0.2, -0.15) is 0 Å². The van der Waals surface area contributed by atoms with Gasteiger partial charge in [0.2, 0.25) is 5.91 Å². The largest absolute Gasteiger partial charge is 0.365 e. The first-order valence-corrected chi connectivity index (χ1v) is 9.59. The van der Waals surface area contributed by atoms with Crippen LogP contribution in [0.1, 0.15) is 42.4 Å². The van der Waals surface area contributed by atoms with Crippen molar-refractivity contribution >= 4 is 11.7 Å². The second-order valence-corrected chi connectivity index (χ2v) is 7.46. The van der Waals surface area contributed by atoms with Gasteiger partial charge >= 0.3 is 0 Å². The fraction of sp³-hybridized carbons (Fsp3) is 0.476. The fourth-order valence-electron chi connectivity index (χ4n) is 4.23. The van der Waals surface area contributed by atoms with Gasteiger partial charge in [0.25, 0.3) is 0 Å². The number of hydrogen-bond donors (Lipinski definition) is 1. The average Bonchev–Trinajstić information content (AvgIpc) is 3.17. The molecule has 1 saturated heterocycles. The van der Waals surface area contributed by atoms with Crippen molar-refractivity contribution in [1.29, 1.82) is 0 Å². The lowest BCUT2D eigenvalue weighted by atomic mass is 10.1. The molecule has 1 aromatic carbocycles. The Morgan fingerprint density at radius 1 is 1.15 bits per heavy atom. The maximum Gasteiger partial charge on any atom is 0.225 e. The monoisotopic (exact) mass is 350 g/mol. The van der Waals surface area contributed by atoms with E-state index in [0.29, 0.717) is 12.5 Å². The lowest BCUT2D eigenvalue weighted by Crippen LogP contribution is -2.38. The first kappa shape index (κ1) is 17.0. The Labute approximate surface area is 154 Å². The lowest BCUT2D eigenvalue weighted by molar-refractivity contribution is -0.129. The van der Waals surface area contributed by atoms with Gasteiger partial charge in [-0.25, -0.2) is 9.97 Å². The van der Waals surface area contributed by atoms with E-state index in [1.165, 1.54) is 11.1 Å². The topological polar surface area (TPSA) is 58.1 Å². The highest BCUT2D eigenvalue weighted by molar-refractivity contribution is 5.80. The van der Waals surface area contributed by atoms with E-state index in [0.717, 1.165) is 49.6 Å². The summed E-state index contributed by atoms with van der Waals surface area (Å²) >= 11 is 0. The molecule has 5 heteroatoms. The summed E-state index contributed by atoms with van der Waals surface area (Å²) in [5.74, 6) is 1.88. The van der Waals surface area contributed by atoms with Crippen molar-refractivity contribution in [3.8, 4) is 0 Å². The Hall–Kier alpha value is -2.43. The van der Waals surface area contributed by atoms with Crippen LogP contribution in [0.25, 0.3) is 0 Å². The third-order valence-electron chi connectivity index (χ3n) is 5.38. The van der Waals surface area contributed by atoms with Gasteiger partial charge in [-0.1, -0.05) is 37.6 Å². The van der Waals surface area contributed by atoms with Crippen molar-refractivity contribution in [2.45, 2.75) is 58.0 Å². The van der Waals surface area contributed by atoms with Crippen LogP contribution in [-0.4, -0.2) is 39.4 Å². The number of carbonyl (C=O) groups is 1. The molecule has 4 rings (SSSR count). The Morgan fingerprint density at radius 3 is 2.58 bits per heavy atom. The normalized spacial score (nSPS) is 19.8. The number of hydrogen-bond acceptors (Lipinski definition) is 4. The summed E-state index contributed by atoms with van der Waals surface area (Å²) in [5.41, 5.74) is 3.84. The molecule has 1 atom stereocenters. The van der Waals surface area contributed by atoms with Crippen molar-refractivity contribution in [1.82, 2.24) is 14.9 Å². The van der Waals surface area contributed by atoms with Crippen molar-refractivity contribution in [3.63, 3.8) is 0 Å². The Morgan fingerprint density at radius 2 is 1.88 bits per heavy atom. The van der Waals surface area contributed by atoms with Crippen LogP contribution < -0.4 is 5.32 Å². The molecule has 2 heterocycles. The lowest BCUT2D eigenvalue weighted by Gasteiger charge is -2.24. The molecule has 0 unspecified atom stereocenters. The third kappa shape index (κ3) is 3.43. The molecule has 1 aliphatic carbocycles. The summed E-state index contributed by atoms with van der Waals surface area (Å²) in [6.45, 7) is 4.83. The van der Waals surface area contributed by atoms with Crippen LogP contribution in [0.5, 0.6) is 0 Å². The molecule has 1 fully saturated rings. The van der Waals surface area contributed by atoms with E-state index in [9.17, 15) is 4.79 Å². The van der Waals surface area contributed by atoms with E-state index < -0.39 is 0 Å². The van der Waals surface area contributed by atoms with E-state index in [1.54, 1.807) is 0 Å². The van der Waals surface area contributed by atoms with Crippen molar-refractivity contribution in [2.75, 3.05) is 11.9 Å². The van der Waals surface area contributed by atoms with E-state index in [2.05, 4.69) is 51.4 Å². The van der Waals surface area contributed by atoms with Crippen LogP contribution in [0.15, 0.2) is 30.3 Å². The van der Waals surface area contributed by atoms with Crippen LogP contribution >= 0.6 is 0 Å². The van der Waals surface area contributed by atoms with Gasteiger partial charge in [-0.3, -0.25) is 4.79 Å². The van der Waals surface area contributed by atoms with Gasteiger partial charge in [0.1, 0.15) is 11.6 Å². The summed E-state index contributed by atoms with van der Waals surface area (Å²) in [4.78, 5) is 23.7. The second-order valence-electron chi connectivity index (χ2n) is 7.46. The zero-order chi connectivity index (χ0) is 18.1. The molecule has 26 heavy (non-hydrogen) atoms. The molecule has 1 N–H and O–H groups in total. The molecule has 5 nitrogen and oxygen atoms in total. The number of anilines is 1. The summed E-state index contributed by atoms with van der Waals surface area (Å²) < 4.78 is 0. The Balaban J connectivity index is 1.43. The highest BCUT2D eigenvalue weighted by Gasteiger charge is 2.37. The molecule has 1 amide bonds. The van der Waals surface area contributed by atoms with Crippen LogP contribution in [-0.2, 0) is 24.1 Å². The number of carbonyl (C=O) groups excluding carboxylic acids is 1. The predicted octanol–water partition coefficient (Wildman–Crippen LogP) is 2.92. The summed E-state index contributed by atoms with van der Waals surface area (Å²) in [7, 11) is 0. The molecule has 2 aromatic rings. The Bertz CT molecular complexity index is 794. The van der Waals surface area contributed by atoms with Gasteiger partial charge in [0.15, 0.2) is 0 Å². The number of aromatic nitrogens is 2. The molecule has 136 valence electrons. The first-order chi connectivity index (χ1) is 12.6. The minimum Gasteiger partial charge on any atom is -0.365 e. The number of nitrogens with zero attached hydrogens (tertiary/aromatic N) is 3. The van der Waals surface area contributed by atoms with Crippen molar-refractivity contribution in [2.24, 2.45) is 0 Å². The number of aryl methyl sites for hydroxylation is 2. The zero-order valence-corrected chi connectivity index (χ0v) is 15.5. The van der Waals surface area contributed by atoms with Crippen molar-refractivity contribution in [3.05, 3.63) is 53.0 Å². The minimum absolute atomic E-state index is 0.120. The fourth-order valence-corrected chi connectivity index (χ4v) is 4.23. The molecule has 0 saturated carbocycles. The second kappa shape index (κ2) is 7.06. The van der Waals surface area contributed by atoms with Crippen LogP contribution in [0, 0.1) is 6.92 Å². The van der Waals surface area contributed by atoms with E-state index >= 15 is 0 Å². The van der Waals surface area contributed by atoms with Crippen LogP contribution in [0.4, 0.5) is 5.82 Å². The van der Waals surface area contributed by atoms with Gasteiger partial charge < -0.3 is 10.2 Å². The maximum absolute atomic E-state index is 12.6.